The van der Waals surface area contributed by atoms with Crippen LogP contribution in [0.15, 0.2) is 15.9 Å². The first-order valence-corrected chi connectivity index (χ1v) is 8.26. The van der Waals surface area contributed by atoms with Crippen LogP contribution in [0, 0.1) is 5.41 Å². The summed E-state index contributed by atoms with van der Waals surface area (Å²) in [6.07, 6.45) is 1.17. The van der Waals surface area contributed by atoms with Crippen molar-refractivity contribution in [2.45, 2.75) is 33.2 Å². The van der Waals surface area contributed by atoms with Gasteiger partial charge in [0.1, 0.15) is 0 Å². The summed E-state index contributed by atoms with van der Waals surface area (Å²) in [6, 6.07) is 5.00. The average molecular weight is 331 g/mol. The van der Waals surface area contributed by atoms with Crippen LogP contribution >= 0.6 is 27.3 Å². The minimum Gasteiger partial charge on any atom is -0.311 e. The molecule has 0 bridgehead atoms. The van der Waals surface area contributed by atoms with Gasteiger partial charge < -0.3 is 10.2 Å². The number of nitrogens with one attached hydrogen (secondary N) is 1. The van der Waals surface area contributed by atoms with E-state index >= 15 is 0 Å². The molecule has 4 heteroatoms. The van der Waals surface area contributed by atoms with Gasteiger partial charge in [-0.15, -0.1) is 11.3 Å². The highest BCUT2D eigenvalue weighted by atomic mass is 79.9. The zero-order valence-electron chi connectivity index (χ0n) is 11.5. The standard InChI is InChI=1S/C14H23BrN2S/c1-14(2,3)12-10-17(9-7-16-12)8-6-11-4-5-13(15)18-11/h4-5,12,16H,6-10H2,1-3H3. The second kappa shape index (κ2) is 6.04. The van der Waals surface area contributed by atoms with Gasteiger partial charge in [-0.1, -0.05) is 20.8 Å². The maximum Gasteiger partial charge on any atom is 0.0701 e. The second-order valence-electron chi connectivity index (χ2n) is 6.13. The minimum atomic E-state index is 0.352. The first-order chi connectivity index (χ1) is 8.45. The summed E-state index contributed by atoms with van der Waals surface area (Å²) in [4.78, 5) is 4.08. The van der Waals surface area contributed by atoms with E-state index in [2.05, 4.69) is 59.1 Å². The van der Waals surface area contributed by atoms with Crippen molar-refractivity contribution in [2.24, 2.45) is 5.41 Å². The molecule has 1 saturated heterocycles. The van der Waals surface area contributed by atoms with Crippen LogP contribution in [0.25, 0.3) is 0 Å². The molecular formula is C14H23BrN2S. The molecule has 2 rings (SSSR count). The molecule has 1 atom stereocenters. The predicted molar refractivity (Wildman–Crippen MR) is 83.4 cm³/mol. The van der Waals surface area contributed by atoms with E-state index in [9.17, 15) is 0 Å². The Bertz CT molecular complexity index is 383. The van der Waals surface area contributed by atoms with Gasteiger partial charge in [0.15, 0.2) is 0 Å². The normalized spacial score (nSPS) is 22.3. The lowest BCUT2D eigenvalue weighted by Crippen LogP contribution is -2.56. The van der Waals surface area contributed by atoms with Gasteiger partial charge in [0.25, 0.3) is 0 Å². The minimum absolute atomic E-state index is 0.352. The lowest BCUT2D eigenvalue weighted by molar-refractivity contribution is 0.136. The molecule has 0 aliphatic carbocycles. The van der Waals surface area contributed by atoms with E-state index in [1.165, 1.54) is 34.7 Å². The van der Waals surface area contributed by atoms with Crippen LogP contribution < -0.4 is 5.32 Å². The van der Waals surface area contributed by atoms with Gasteiger partial charge in [-0.2, -0.15) is 0 Å². The molecule has 102 valence electrons. The molecule has 0 radical (unpaired) electrons. The predicted octanol–water partition coefficient (Wildman–Crippen LogP) is 3.37. The van der Waals surface area contributed by atoms with Crippen molar-refractivity contribution in [1.82, 2.24) is 10.2 Å². The Morgan fingerprint density at radius 1 is 1.44 bits per heavy atom. The number of rotatable bonds is 3. The molecule has 1 aromatic heterocycles. The van der Waals surface area contributed by atoms with Gasteiger partial charge in [0, 0.05) is 37.1 Å². The van der Waals surface area contributed by atoms with Crippen molar-refractivity contribution in [3.05, 3.63) is 20.8 Å². The van der Waals surface area contributed by atoms with Gasteiger partial charge in [-0.25, -0.2) is 0 Å². The van der Waals surface area contributed by atoms with E-state index in [1.54, 1.807) is 0 Å². The maximum atomic E-state index is 3.64. The van der Waals surface area contributed by atoms with Crippen LogP contribution in [0.1, 0.15) is 25.6 Å². The molecule has 18 heavy (non-hydrogen) atoms. The van der Waals surface area contributed by atoms with E-state index in [1.807, 2.05) is 11.3 Å². The first-order valence-electron chi connectivity index (χ1n) is 6.65. The Balaban J connectivity index is 1.83. The molecule has 0 amide bonds. The van der Waals surface area contributed by atoms with Crippen LogP contribution in [-0.2, 0) is 6.42 Å². The summed E-state index contributed by atoms with van der Waals surface area (Å²) < 4.78 is 1.24. The van der Waals surface area contributed by atoms with Gasteiger partial charge in [0.2, 0.25) is 0 Å². The molecular weight excluding hydrogens is 308 g/mol. The van der Waals surface area contributed by atoms with Gasteiger partial charge in [-0.05, 0) is 39.9 Å². The maximum absolute atomic E-state index is 3.64. The fourth-order valence-corrected chi connectivity index (χ4v) is 3.82. The number of halogens is 1. The number of nitrogens with zero attached hydrogens (tertiary/aromatic N) is 1. The highest BCUT2D eigenvalue weighted by molar-refractivity contribution is 9.11. The van der Waals surface area contributed by atoms with Crippen LogP contribution in [-0.4, -0.2) is 37.1 Å². The molecule has 1 unspecified atom stereocenters. The fourth-order valence-electron chi connectivity index (χ4n) is 2.35. The Morgan fingerprint density at radius 3 is 2.83 bits per heavy atom. The topological polar surface area (TPSA) is 15.3 Å². The van der Waals surface area contributed by atoms with Crippen molar-refractivity contribution >= 4 is 27.3 Å². The third-order valence-electron chi connectivity index (χ3n) is 3.61. The van der Waals surface area contributed by atoms with Crippen LogP contribution in [0.2, 0.25) is 0 Å². The summed E-state index contributed by atoms with van der Waals surface area (Å²) in [5.74, 6) is 0. The molecule has 1 aliphatic heterocycles. The highest BCUT2D eigenvalue weighted by Gasteiger charge is 2.28. The van der Waals surface area contributed by atoms with Crippen LogP contribution in [0.5, 0.6) is 0 Å². The van der Waals surface area contributed by atoms with E-state index in [0.29, 0.717) is 11.5 Å². The molecule has 1 aliphatic rings. The van der Waals surface area contributed by atoms with Gasteiger partial charge >= 0.3 is 0 Å². The van der Waals surface area contributed by atoms with Crippen LogP contribution in [0.4, 0.5) is 0 Å². The Labute approximate surface area is 123 Å². The zero-order chi connectivity index (χ0) is 13.2. The van der Waals surface area contributed by atoms with Gasteiger partial charge in [0.05, 0.1) is 3.79 Å². The molecule has 1 aromatic rings. The molecule has 2 heterocycles. The summed E-state index contributed by atoms with van der Waals surface area (Å²) in [5, 5.41) is 3.64. The highest BCUT2D eigenvalue weighted by Crippen LogP contribution is 2.24. The lowest BCUT2D eigenvalue weighted by atomic mass is 9.85. The Morgan fingerprint density at radius 2 is 2.22 bits per heavy atom. The molecule has 0 spiro atoms. The Hall–Kier alpha value is 0.1000. The summed E-state index contributed by atoms with van der Waals surface area (Å²) in [5.41, 5.74) is 0.352. The van der Waals surface area contributed by atoms with Crippen molar-refractivity contribution in [2.75, 3.05) is 26.2 Å². The monoisotopic (exact) mass is 330 g/mol. The largest absolute Gasteiger partial charge is 0.311 e. The number of thiophene rings is 1. The SMILES string of the molecule is CC(C)(C)C1CN(CCc2ccc(Br)s2)CCN1. The smallest absolute Gasteiger partial charge is 0.0701 e. The second-order valence-corrected chi connectivity index (χ2v) is 8.68. The molecule has 1 N–H and O–H groups in total. The summed E-state index contributed by atoms with van der Waals surface area (Å²) >= 11 is 5.39. The van der Waals surface area contributed by atoms with E-state index in [-0.39, 0.29) is 0 Å². The summed E-state index contributed by atoms with van der Waals surface area (Å²) in [6.45, 7) is 11.6. The number of hydrogen-bond donors (Lipinski definition) is 1. The first kappa shape index (κ1) is 14.5. The molecule has 0 aromatic carbocycles. The fraction of sp³-hybridized carbons (Fsp3) is 0.714. The summed E-state index contributed by atoms with van der Waals surface area (Å²) in [7, 11) is 0. The van der Waals surface area contributed by atoms with Crippen molar-refractivity contribution in [1.29, 1.82) is 0 Å². The number of hydrogen-bond acceptors (Lipinski definition) is 3. The van der Waals surface area contributed by atoms with Crippen LogP contribution in [0.3, 0.4) is 0 Å². The third-order valence-corrected chi connectivity index (χ3v) is 5.29. The van der Waals surface area contributed by atoms with Crippen molar-refractivity contribution in [3.8, 4) is 0 Å². The zero-order valence-corrected chi connectivity index (χ0v) is 13.9. The third kappa shape index (κ3) is 4.05. The van der Waals surface area contributed by atoms with Crippen molar-refractivity contribution < 1.29 is 0 Å². The Kier molecular flexibility index (Phi) is 4.86. The lowest BCUT2D eigenvalue weighted by Gasteiger charge is -2.40. The molecule has 2 nitrogen and oxygen atoms in total. The quantitative estimate of drug-likeness (QED) is 0.914. The van der Waals surface area contributed by atoms with E-state index in [0.717, 1.165) is 6.54 Å². The number of piperazine rings is 1. The van der Waals surface area contributed by atoms with Gasteiger partial charge in [-0.3, -0.25) is 0 Å². The molecule has 1 fully saturated rings. The van der Waals surface area contributed by atoms with E-state index < -0.39 is 0 Å². The average Bonchev–Trinajstić information content (AvgIpc) is 2.72. The van der Waals surface area contributed by atoms with Crippen molar-refractivity contribution in [3.63, 3.8) is 0 Å². The van der Waals surface area contributed by atoms with E-state index in [4.69, 9.17) is 0 Å². The molecule has 0 saturated carbocycles.